The van der Waals surface area contributed by atoms with Crippen LogP contribution in [0.15, 0.2) is 59.8 Å². The highest BCUT2D eigenvalue weighted by Crippen LogP contribution is 2.40. The number of carboxylic acid groups (broad SMARTS) is 1. The molecule has 32 heavy (non-hydrogen) atoms. The SMILES string of the molecule is CC1=C(CO)C(c2ccc(C#N)cc2)N(CC(=O)O)C(=O)N1c1cccc(C(F)(F)F)c1. The Kier molecular flexibility index (Phi) is 6.23. The molecule has 1 unspecified atom stereocenters. The predicted octanol–water partition coefficient (Wildman–Crippen LogP) is 3.91. The van der Waals surface area contributed by atoms with E-state index in [1.165, 1.54) is 37.3 Å². The van der Waals surface area contributed by atoms with E-state index in [0.717, 1.165) is 28.0 Å². The Morgan fingerprint density at radius 2 is 1.84 bits per heavy atom. The third kappa shape index (κ3) is 4.29. The molecule has 1 aliphatic heterocycles. The quantitative estimate of drug-likeness (QED) is 0.726. The molecule has 166 valence electrons. The fourth-order valence-corrected chi connectivity index (χ4v) is 3.66. The second kappa shape index (κ2) is 8.72. The fraction of sp³-hybridized carbons (Fsp3) is 0.227. The zero-order valence-corrected chi connectivity index (χ0v) is 16.8. The number of benzene rings is 2. The van der Waals surface area contributed by atoms with E-state index < -0.39 is 42.9 Å². The maximum atomic E-state index is 13.3. The van der Waals surface area contributed by atoms with Gasteiger partial charge in [-0.25, -0.2) is 4.79 Å². The van der Waals surface area contributed by atoms with Crippen LogP contribution >= 0.6 is 0 Å². The molecule has 2 amide bonds. The number of carbonyl (C=O) groups is 2. The zero-order valence-electron chi connectivity index (χ0n) is 16.8. The first kappa shape index (κ1) is 22.8. The average molecular weight is 445 g/mol. The molecule has 0 saturated carbocycles. The van der Waals surface area contributed by atoms with Crippen molar-refractivity contribution in [2.45, 2.75) is 19.1 Å². The van der Waals surface area contributed by atoms with Gasteiger partial charge in [-0.1, -0.05) is 18.2 Å². The van der Waals surface area contributed by atoms with Gasteiger partial charge in [0, 0.05) is 11.3 Å². The molecule has 0 bridgehead atoms. The monoisotopic (exact) mass is 445 g/mol. The van der Waals surface area contributed by atoms with Crippen LogP contribution in [0.4, 0.5) is 23.7 Å². The average Bonchev–Trinajstić information content (AvgIpc) is 2.75. The number of hydrogen-bond donors (Lipinski definition) is 2. The van der Waals surface area contributed by atoms with Crippen molar-refractivity contribution in [1.29, 1.82) is 5.26 Å². The van der Waals surface area contributed by atoms with Crippen LogP contribution in [0.25, 0.3) is 0 Å². The van der Waals surface area contributed by atoms with E-state index in [-0.39, 0.29) is 17.0 Å². The predicted molar refractivity (Wildman–Crippen MR) is 107 cm³/mol. The number of urea groups is 1. The first-order valence-corrected chi connectivity index (χ1v) is 9.38. The normalized spacial score (nSPS) is 16.9. The van der Waals surface area contributed by atoms with Gasteiger partial charge >= 0.3 is 18.2 Å². The second-order valence-electron chi connectivity index (χ2n) is 7.09. The number of halogens is 3. The summed E-state index contributed by atoms with van der Waals surface area (Å²) in [5, 5.41) is 28.5. The van der Waals surface area contributed by atoms with Crippen LogP contribution in [0.2, 0.25) is 0 Å². The highest BCUT2D eigenvalue weighted by atomic mass is 19.4. The number of aliphatic hydroxyl groups is 1. The Balaban J connectivity index is 2.19. The maximum absolute atomic E-state index is 13.3. The third-order valence-electron chi connectivity index (χ3n) is 5.14. The van der Waals surface area contributed by atoms with Crippen molar-refractivity contribution in [2.75, 3.05) is 18.1 Å². The van der Waals surface area contributed by atoms with Crippen LogP contribution < -0.4 is 4.90 Å². The molecular formula is C22H18F3N3O4. The Bertz CT molecular complexity index is 1120. The summed E-state index contributed by atoms with van der Waals surface area (Å²) in [5.74, 6) is -1.34. The van der Waals surface area contributed by atoms with Gasteiger partial charge < -0.3 is 15.1 Å². The number of rotatable bonds is 5. The van der Waals surface area contributed by atoms with Crippen molar-refractivity contribution in [3.05, 3.63) is 76.5 Å². The van der Waals surface area contributed by atoms with Gasteiger partial charge in [0.15, 0.2) is 0 Å². The minimum Gasteiger partial charge on any atom is -0.480 e. The number of allylic oxidation sites excluding steroid dienone is 1. The van der Waals surface area contributed by atoms with Crippen LogP contribution in [0.1, 0.15) is 29.7 Å². The van der Waals surface area contributed by atoms with Crippen molar-refractivity contribution in [1.82, 2.24) is 4.90 Å². The molecule has 0 aromatic heterocycles. The summed E-state index contributed by atoms with van der Waals surface area (Å²) < 4.78 is 39.6. The van der Waals surface area contributed by atoms with Crippen molar-refractivity contribution < 1.29 is 33.0 Å². The summed E-state index contributed by atoms with van der Waals surface area (Å²) in [6.07, 6.45) is -4.64. The third-order valence-corrected chi connectivity index (χ3v) is 5.14. The number of anilines is 1. The Morgan fingerprint density at radius 3 is 2.38 bits per heavy atom. The zero-order chi connectivity index (χ0) is 23.6. The lowest BCUT2D eigenvalue weighted by Gasteiger charge is -2.42. The molecule has 1 atom stereocenters. The van der Waals surface area contributed by atoms with Gasteiger partial charge in [0.1, 0.15) is 6.54 Å². The van der Waals surface area contributed by atoms with E-state index in [1.807, 2.05) is 6.07 Å². The minimum atomic E-state index is -4.64. The number of hydrogen-bond acceptors (Lipinski definition) is 4. The number of carboxylic acids is 1. The van der Waals surface area contributed by atoms with Crippen LogP contribution in [-0.2, 0) is 11.0 Å². The number of alkyl halides is 3. The summed E-state index contributed by atoms with van der Waals surface area (Å²) >= 11 is 0. The largest absolute Gasteiger partial charge is 0.480 e. The molecular weight excluding hydrogens is 427 g/mol. The number of aliphatic carboxylic acids is 1. The molecule has 2 aromatic rings. The van der Waals surface area contributed by atoms with E-state index in [9.17, 15) is 33.0 Å². The lowest BCUT2D eigenvalue weighted by molar-refractivity contribution is -0.138. The Hall–Kier alpha value is -3.84. The van der Waals surface area contributed by atoms with Crippen molar-refractivity contribution in [3.8, 4) is 6.07 Å². The number of nitrogens with zero attached hydrogens (tertiary/aromatic N) is 3. The van der Waals surface area contributed by atoms with Gasteiger partial charge in [0.05, 0.1) is 35.5 Å². The van der Waals surface area contributed by atoms with Gasteiger partial charge in [0.25, 0.3) is 0 Å². The molecule has 3 rings (SSSR count). The van der Waals surface area contributed by atoms with Crippen molar-refractivity contribution in [3.63, 3.8) is 0 Å². The molecule has 0 saturated heterocycles. The van der Waals surface area contributed by atoms with E-state index in [4.69, 9.17) is 5.26 Å². The van der Waals surface area contributed by atoms with E-state index in [0.29, 0.717) is 11.1 Å². The molecule has 1 heterocycles. The lowest BCUT2D eigenvalue weighted by Crippen LogP contribution is -2.51. The second-order valence-corrected chi connectivity index (χ2v) is 7.09. The molecule has 7 nitrogen and oxygen atoms in total. The lowest BCUT2D eigenvalue weighted by atomic mass is 9.92. The summed E-state index contributed by atoms with van der Waals surface area (Å²) in [5.41, 5.74) is 0.145. The number of carbonyl (C=O) groups excluding carboxylic acids is 1. The first-order valence-electron chi connectivity index (χ1n) is 9.38. The first-order chi connectivity index (χ1) is 15.1. The van der Waals surface area contributed by atoms with Crippen LogP contribution in [0, 0.1) is 11.3 Å². The van der Waals surface area contributed by atoms with Gasteiger partial charge in [-0.05, 0) is 42.8 Å². The summed E-state index contributed by atoms with van der Waals surface area (Å²) in [6, 6.07) is 10.3. The molecule has 0 aliphatic carbocycles. The maximum Gasteiger partial charge on any atom is 0.416 e. The van der Waals surface area contributed by atoms with Gasteiger partial charge in [-0.2, -0.15) is 18.4 Å². The smallest absolute Gasteiger partial charge is 0.416 e. The summed E-state index contributed by atoms with van der Waals surface area (Å²) in [6.45, 7) is 0.142. The van der Waals surface area contributed by atoms with Gasteiger partial charge in [-0.15, -0.1) is 0 Å². The Labute approximate surface area is 181 Å². The fourth-order valence-electron chi connectivity index (χ4n) is 3.66. The molecule has 2 N–H and O–H groups in total. The standard InChI is InChI=1S/C22H18F3N3O4/c1-13-18(12-29)20(15-7-5-14(10-26)6-8-15)27(11-19(30)31)21(32)28(13)17-4-2-3-16(9-17)22(23,24)25/h2-9,20,29H,11-12H2,1H3,(H,30,31). The van der Waals surface area contributed by atoms with E-state index >= 15 is 0 Å². The van der Waals surface area contributed by atoms with Crippen LogP contribution in [0.3, 0.4) is 0 Å². The Morgan fingerprint density at radius 1 is 1.19 bits per heavy atom. The van der Waals surface area contributed by atoms with Crippen LogP contribution in [-0.4, -0.2) is 40.3 Å². The van der Waals surface area contributed by atoms with Gasteiger partial charge in [-0.3, -0.25) is 9.69 Å². The number of amides is 2. The minimum absolute atomic E-state index is 0.109. The molecule has 0 fully saturated rings. The molecule has 10 heteroatoms. The molecule has 0 radical (unpaired) electrons. The number of nitriles is 1. The van der Waals surface area contributed by atoms with Crippen LogP contribution in [0.5, 0.6) is 0 Å². The molecule has 1 aliphatic rings. The topological polar surface area (TPSA) is 105 Å². The van der Waals surface area contributed by atoms with Crippen molar-refractivity contribution in [2.24, 2.45) is 0 Å². The summed E-state index contributed by atoms with van der Waals surface area (Å²) in [7, 11) is 0. The molecule has 2 aromatic carbocycles. The van der Waals surface area contributed by atoms with Crippen molar-refractivity contribution >= 4 is 17.7 Å². The highest BCUT2D eigenvalue weighted by Gasteiger charge is 2.41. The van der Waals surface area contributed by atoms with E-state index in [2.05, 4.69) is 0 Å². The summed E-state index contributed by atoms with van der Waals surface area (Å²) in [4.78, 5) is 26.8. The van der Waals surface area contributed by atoms with E-state index in [1.54, 1.807) is 0 Å². The van der Waals surface area contributed by atoms with Gasteiger partial charge in [0.2, 0.25) is 0 Å². The highest BCUT2D eigenvalue weighted by molar-refractivity contribution is 5.98. The number of aliphatic hydroxyl groups excluding tert-OH is 1. The molecule has 0 spiro atoms.